The Morgan fingerprint density at radius 2 is 1.73 bits per heavy atom. The number of aryl methyl sites for hydroxylation is 2. The van der Waals surface area contributed by atoms with Crippen LogP contribution in [0.25, 0.3) is 10.9 Å². The second-order valence-electron chi connectivity index (χ2n) is 12.5. The van der Waals surface area contributed by atoms with E-state index in [0.29, 0.717) is 13.0 Å². The van der Waals surface area contributed by atoms with E-state index in [1.165, 1.54) is 22.0 Å². The fourth-order valence-electron chi connectivity index (χ4n) is 5.41. The molecule has 1 aromatic heterocycles. The molecule has 0 aliphatic carbocycles. The number of ether oxygens (including phenoxy) is 1. The molecular formula is C32H53N3O5. The highest BCUT2D eigenvalue weighted by Crippen LogP contribution is 2.29. The number of methoxy groups -OCH3 is 1. The van der Waals surface area contributed by atoms with Crippen LogP contribution in [0.15, 0.2) is 24.4 Å². The molecule has 0 radical (unpaired) electrons. The average molecular weight is 560 g/mol. The normalized spacial score (nSPS) is 15.9. The second-order valence-corrected chi connectivity index (χ2v) is 12.5. The quantitative estimate of drug-likeness (QED) is 0.207. The molecule has 0 spiro atoms. The van der Waals surface area contributed by atoms with Crippen molar-refractivity contribution in [3.05, 3.63) is 35.5 Å². The highest BCUT2D eigenvalue weighted by atomic mass is 16.5. The number of amides is 1. The number of carboxylic acids is 1. The van der Waals surface area contributed by atoms with E-state index in [0.717, 1.165) is 19.4 Å². The molecule has 1 heterocycles. The summed E-state index contributed by atoms with van der Waals surface area (Å²) in [6.07, 6.45) is 3.49. The summed E-state index contributed by atoms with van der Waals surface area (Å²) in [4.78, 5) is 24.9. The van der Waals surface area contributed by atoms with E-state index in [-0.39, 0.29) is 36.0 Å². The zero-order valence-electron chi connectivity index (χ0n) is 25.8. The number of carbonyl (C=O) groups excluding carboxylic acids is 1. The van der Waals surface area contributed by atoms with Gasteiger partial charge in [0.25, 0.3) is 0 Å². The van der Waals surface area contributed by atoms with Crippen molar-refractivity contribution in [2.45, 2.75) is 98.9 Å². The molecular weight excluding hydrogens is 506 g/mol. The number of nitrogens with zero attached hydrogens (tertiary/aromatic N) is 1. The van der Waals surface area contributed by atoms with E-state index >= 15 is 0 Å². The lowest BCUT2D eigenvalue weighted by Gasteiger charge is -2.33. The number of fused-ring (bicyclic) bond motifs is 1. The van der Waals surface area contributed by atoms with E-state index in [2.05, 4.69) is 55.1 Å². The largest absolute Gasteiger partial charge is 0.481 e. The van der Waals surface area contributed by atoms with Gasteiger partial charge in [0.2, 0.25) is 5.91 Å². The van der Waals surface area contributed by atoms with Gasteiger partial charge >= 0.3 is 5.97 Å². The molecule has 0 aliphatic rings. The maximum atomic E-state index is 13.0. The van der Waals surface area contributed by atoms with E-state index in [4.69, 9.17) is 10.5 Å². The number of aliphatic hydroxyl groups is 1. The second kappa shape index (κ2) is 15.5. The van der Waals surface area contributed by atoms with Crippen molar-refractivity contribution in [2.75, 3.05) is 13.7 Å². The third-order valence-electron chi connectivity index (χ3n) is 8.32. The maximum Gasteiger partial charge on any atom is 0.306 e. The summed E-state index contributed by atoms with van der Waals surface area (Å²) in [5, 5.41) is 25.3. The van der Waals surface area contributed by atoms with Gasteiger partial charge in [-0.15, -0.1) is 0 Å². The predicted octanol–water partition coefficient (Wildman–Crippen LogP) is 4.77. The molecule has 5 N–H and O–H groups in total. The highest BCUT2D eigenvalue weighted by Gasteiger charge is 2.33. The summed E-state index contributed by atoms with van der Waals surface area (Å²) >= 11 is 0. The van der Waals surface area contributed by atoms with Gasteiger partial charge in [0, 0.05) is 37.4 Å². The first-order valence-electron chi connectivity index (χ1n) is 14.8. The molecule has 226 valence electrons. The Morgan fingerprint density at radius 3 is 2.27 bits per heavy atom. The SMILES string of the molecule is COCCCn1cc(C)c2ccc(C[C@@H](C[C@H](NC(=O)[C@@H](N)C(C)C)[C@@H](O)C[C@H](C(=O)O)C(C)C)C(C)C)cc21. The standard InChI is InChI=1S/C32H53N3O5/c1-19(2)24(14-23-10-11-25-22(7)18-35(28(25)15-23)12-9-13-40-8)16-27(34-31(37)30(33)21(5)6)29(36)17-26(20(3)4)32(38)39/h10-11,15,18-21,24,26-27,29-30,36H,9,12-14,16-17,33H2,1-8H3,(H,34,37)(H,38,39)/t24-,26-,27-,29-,30-/m0/s1. The van der Waals surface area contributed by atoms with Gasteiger partial charge < -0.3 is 30.6 Å². The van der Waals surface area contributed by atoms with Crippen molar-refractivity contribution < 1.29 is 24.5 Å². The zero-order valence-corrected chi connectivity index (χ0v) is 25.8. The first-order chi connectivity index (χ1) is 18.8. The number of benzene rings is 1. The highest BCUT2D eigenvalue weighted by molar-refractivity contribution is 5.84. The van der Waals surface area contributed by atoms with Crippen LogP contribution in [0.3, 0.4) is 0 Å². The van der Waals surface area contributed by atoms with E-state index in [1.807, 2.05) is 27.7 Å². The Hall–Kier alpha value is -2.42. The molecule has 0 unspecified atom stereocenters. The van der Waals surface area contributed by atoms with Gasteiger partial charge in [-0.3, -0.25) is 9.59 Å². The van der Waals surface area contributed by atoms with Gasteiger partial charge in [0.05, 0.1) is 24.1 Å². The van der Waals surface area contributed by atoms with Crippen molar-refractivity contribution in [1.29, 1.82) is 0 Å². The van der Waals surface area contributed by atoms with Crippen LogP contribution >= 0.6 is 0 Å². The summed E-state index contributed by atoms with van der Waals surface area (Å²) in [7, 11) is 1.72. The van der Waals surface area contributed by atoms with Gasteiger partial charge in [0.1, 0.15) is 0 Å². The Bertz CT molecular complexity index is 1090. The lowest BCUT2D eigenvalue weighted by Crippen LogP contribution is -2.52. The number of hydrogen-bond donors (Lipinski definition) is 4. The number of carbonyl (C=O) groups is 2. The van der Waals surface area contributed by atoms with E-state index < -0.39 is 30.1 Å². The molecule has 0 saturated heterocycles. The molecule has 40 heavy (non-hydrogen) atoms. The Kier molecular flexibility index (Phi) is 13.1. The molecule has 0 aliphatic heterocycles. The number of nitrogens with two attached hydrogens (primary N) is 1. The number of aliphatic carboxylic acids is 1. The molecule has 8 nitrogen and oxygen atoms in total. The third kappa shape index (κ3) is 9.32. The third-order valence-corrected chi connectivity index (χ3v) is 8.32. The van der Waals surface area contributed by atoms with Crippen LogP contribution in [0.4, 0.5) is 0 Å². The van der Waals surface area contributed by atoms with Crippen LogP contribution in [-0.2, 0) is 27.3 Å². The Labute approximate surface area is 240 Å². The molecule has 5 atom stereocenters. The van der Waals surface area contributed by atoms with Crippen molar-refractivity contribution in [3.8, 4) is 0 Å². The topological polar surface area (TPSA) is 127 Å². The summed E-state index contributed by atoms with van der Waals surface area (Å²) in [5.41, 5.74) is 9.77. The molecule has 0 saturated carbocycles. The minimum atomic E-state index is -1.00. The number of carboxylic acid groups (broad SMARTS) is 1. The van der Waals surface area contributed by atoms with Gasteiger partial charge in [-0.2, -0.15) is 0 Å². The van der Waals surface area contributed by atoms with Gasteiger partial charge in [0.15, 0.2) is 0 Å². The first-order valence-corrected chi connectivity index (χ1v) is 14.8. The molecule has 2 rings (SSSR count). The van der Waals surface area contributed by atoms with Gasteiger partial charge in [-0.25, -0.2) is 0 Å². The summed E-state index contributed by atoms with van der Waals surface area (Å²) < 4.78 is 7.53. The molecule has 0 fully saturated rings. The maximum absolute atomic E-state index is 13.0. The molecule has 1 aromatic carbocycles. The Balaban J connectivity index is 2.33. The van der Waals surface area contributed by atoms with Crippen molar-refractivity contribution in [3.63, 3.8) is 0 Å². The van der Waals surface area contributed by atoms with Gasteiger partial charge in [-0.1, -0.05) is 53.7 Å². The van der Waals surface area contributed by atoms with E-state index in [1.54, 1.807) is 7.11 Å². The monoisotopic (exact) mass is 559 g/mol. The van der Waals surface area contributed by atoms with Gasteiger partial charge in [-0.05, 0) is 73.5 Å². The summed E-state index contributed by atoms with van der Waals surface area (Å²) in [6.45, 7) is 15.5. The average Bonchev–Trinajstić information content (AvgIpc) is 3.19. The zero-order chi connectivity index (χ0) is 30.1. The summed E-state index contributed by atoms with van der Waals surface area (Å²) in [5.74, 6) is -1.74. The lowest BCUT2D eigenvalue weighted by atomic mass is 9.80. The fourth-order valence-corrected chi connectivity index (χ4v) is 5.41. The molecule has 0 bridgehead atoms. The van der Waals surface area contributed by atoms with Crippen LogP contribution < -0.4 is 11.1 Å². The molecule has 8 heteroatoms. The number of aromatic nitrogens is 1. The van der Waals surface area contributed by atoms with Crippen LogP contribution in [0.2, 0.25) is 0 Å². The summed E-state index contributed by atoms with van der Waals surface area (Å²) in [6, 6.07) is 5.29. The molecule has 1 amide bonds. The first kappa shape index (κ1) is 33.8. The number of nitrogens with one attached hydrogen (secondary N) is 1. The number of aliphatic hydroxyl groups excluding tert-OH is 1. The van der Waals surface area contributed by atoms with Crippen molar-refractivity contribution >= 4 is 22.8 Å². The Morgan fingerprint density at radius 1 is 1.05 bits per heavy atom. The van der Waals surface area contributed by atoms with E-state index in [9.17, 15) is 19.8 Å². The number of rotatable bonds is 17. The minimum absolute atomic E-state index is 0.0589. The minimum Gasteiger partial charge on any atom is -0.481 e. The number of hydrogen-bond acceptors (Lipinski definition) is 5. The van der Waals surface area contributed by atoms with Crippen molar-refractivity contribution in [1.82, 2.24) is 9.88 Å². The van der Waals surface area contributed by atoms with Crippen LogP contribution in [-0.4, -0.2) is 58.6 Å². The van der Waals surface area contributed by atoms with Crippen molar-refractivity contribution in [2.24, 2.45) is 35.3 Å². The predicted molar refractivity (Wildman–Crippen MR) is 161 cm³/mol. The van der Waals surface area contributed by atoms with Crippen LogP contribution in [0.1, 0.15) is 71.9 Å². The van der Waals surface area contributed by atoms with Crippen LogP contribution in [0.5, 0.6) is 0 Å². The smallest absolute Gasteiger partial charge is 0.306 e. The lowest BCUT2D eigenvalue weighted by molar-refractivity contribution is -0.144. The van der Waals surface area contributed by atoms with Crippen LogP contribution in [0, 0.1) is 36.5 Å². The fraction of sp³-hybridized carbons (Fsp3) is 0.688. The molecule has 2 aromatic rings.